The van der Waals surface area contributed by atoms with Gasteiger partial charge in [-0.2, -0.15) is 13.2 Å². The lowest BCUT2D eigenvalue weighted by molar-refractivity contribution is -0.123. The normalized spacial score (nSPS) is 11.4. The molecule has 0 saturated carbocycles. The van der Waals surface area contributed by atoms with Crippen LogP contribution in [0.1, 0.15) is 22.3 Å². The van der Waals surface area contributed by atoms with E-state index >= 15 is 0 Å². The number of anilines is 1. The van der Waals surface area contributed by atoms with E-state index in [1.165, 1.54) is 12.1 Å². The predicted octanol–water partition coefficient (Wildman–Crippen LogP) is 4.75. The summed E-state index contributed by atoms with van der Waals surface area (Å²) in [5.74, 6) is -1.03. The molecule has 10 heteroatoms. The van der Waals surface area contributed by atoms with Gasteiger partial charge in [-0.25, -0.2) is 0 Å². The molecule has 0 saturated heterocycles. The highest BCUT2D eigenvalue weighted by atomic mass is 35.5. The van der Waals surface area contributed by atoms with Crippen molar-refractivity contribution in [2.45, 2.75) is 19.1 Å². The Bertz CT molecular complexity index is 870. The van der Waals surface area contributed by atoms with Crippen molar-refractivity contribution in [3.63, 3.8) is 0 Å². The van der Waals surface area contributed by atoms with Gasteiger partial charge in [-0.15, -0.1) is 0 Å². The third kappa shape index (κ3) is 7.85. The van der Waals surface area contributed by atoms with Crippen LogP contribution in [0.25, 0.3) is 0 Å². The topological polar surface area (TPSA) is 61.4 Å². The number of benzene rings is 2. The number of hydrogen-bond donors (Lipinski definition) is 2. The number of carbonyl (C=O) groups excluding carboxylic acids is 2. The number of rotatable bonds is 8. The van der Waals surface area contributed by atoms with Crippen molar-refractivity contribution in [2.75, 3.05) is 25.5 Å². The molecule has 0 aliphatic carbocycles. The van der Waals surface area contributed by atoms with Gasteiger partial charge in [0.05, 0.1) is 15.7 Å². The predicted molar refractivity (Wildman–Crippen MR) is 111 cm³/mol. The van der Waals surface area contributed by atoms with Gasteiger partial charge in [0, 0.05) is 25.1 Å². The van der Waals surface area contributed by atoms with Crippen molar-refractivity contribution >= 4 is 40.7 Å². The molecular weight excluding hydrogens is 442 g/mol. The van der Waals surface area contributed by atoms with Crippen LogP contribution in [0.4, 0.5) is 18.9 Å². The Morgan fingerprint density at radius 2 is 1.63 bits per heavy atom. The Hall–Kier alpha value is -2.29. The van der Waals surface area contributed by atoms with Gasteiger partial charge in [0.25, 0.3) is 5.91 Å². The molecule has 162 valence electrons. The minimum atomic E-state index is -4.46. The molecule has 5 nitrogen and oxygen atoms in total. The molecule has 0 bridgehead atoms. The van der Waals surface area contributed by atoms with Crippen LogP contribution in [0.3, 0.4) is 0 Å². The molecule has 2 N–H and O–H groups in total. The van der Waals surface area contributed by atoms with E-state index in [4.69, 9.17) is 23.2 Å². The number of amides is 2. The van der Waals surface area contributed by atoms with Crippen LogP contribution in [0.15, 0.2) is 42.5 Å². The Morgan fingerprint density at radius 1 is 1.03 bits per heavy atom. The zero-order valence-electron chi connectivity index (χ0n) is 16.0. The highest BCUT2D eigenvalue weighted by molar-refractivity contribution is 6.39. The van der Waals surface area contributed by atoms with E-state index in [1.807, 2.05) is 17.3 Å². The summed E-state index contributed by atoms with van der Waals surface area (Å²) >= 11 is 12.1. The fraction of sp³-hybridized carbons (Fsp3) is 0.300. The summed E-state index contributed by atoms with van der Waals surface area (Å²) in [6, 6.07) is 11.2. The standard InChI is InChI=1S/C20H20Cl2F3N3O2/c1-28(10-9-17(29)27-18-15(21)3-2-4-16(18)22)11-13-5-7-14(8-6-13)19(30)26-12-20(23,24)25/h2-8H,9-12H2,1H3,(H,26,30)(H,27,29). The van der Waals surface area contributed by atoms with Gasteiger partial charge in [0.15, 0.2) is 0 Å². The van der Waals surface area contributed by atoms with Crippen molar-refractivity contribution < 1.29 is 22.8 Å². The van der Waals surface area contributed by atoms with Crippen LogP contribution >= 0.6 is 23.2 Å². The fourth-order valence-corrected chi connectivity index (χ4v) is 3.04. The number of halogens is 5. The summed E-state index contributed by atoms with van der Waals surface area (Å²) in [6.45, 7) is -0.440. The molecule has 2 amide bonds. The van der Waals surface area contributed by atoms with Crippen molar-refractivity contribution in [3.8, 4) is 0 Å². The van der Waals surface area contributed by atoms with Gasteiger partial charge >= 0.3 is 6.18 Å². The number of nitrogens with one attached hydrogen (secondary N) is 2. The summed E-state index contributed by atoms with van der Waals surface area (Å²) in [4.78, 5) is 25.8. The summed E-state index contributed by atoms with van der Waals surface area (Å²) in [5.41, 5.74) is 1.36. The van der Waals surface area contributed by atoms with Crippen LogP contribution in [-0.4, -0.2) is 43.0 Å². The summed E-state index contributed by atoms with van der Waals surface area (Å²) < 4.78 is 36.5. The first kappa shape index (κ1) is 24.0. The first-order valence-corrected chi connectivity index (χ1v) is 9.67. The second kappa shape index (κ2) is 10.7. The van der Waals surface area contributed by atoms with Crippen molar-refractivity contribution in [2.24, 2.45) is 0 Å². The van der Waals surface area contributed by atoms with Crippen LogP contribution in [0.2, 0.25) is 10.0 Å². The Morgan fingerprint density at radius 3 is 2.20 bits per heavy atom. The minimum Gasteiger partial charge on any atom is -0.343 e. The molecule has 0 atom stereocenters. The molecule has 0 fully saturated rings. The van der Waals surface area contributed by atoms with Crippen LogP contribution in [0.5, 0.6) is 0 Å². The van der Waals surface area contributed by atoms with Gasteiger partial charge < -0.3 is 15.5 Å². The molecule has 0 spiro atoms. The smallest absolute Gasteiger partial charge is 0.343 e. The fourth-order valence-electron chi connectivity index (χ4n) is 2.55. The molecule has 0 aliphatic rings. The van der Waals surface area contributed by atoms with E-state index in [9.17, 15) is 22.8 Å². The van der Waals surface area contributed by atoms with Gasteiger partial charge in [-0.05, 0) is 36.9 Å². The zero-order valence-corrected chi connectivity index (χ0v) is 17.5. The second-order valence-electron chi connectivity index (χ2n) is 6.63. The molecule has 0 aromatic heterocycles. The number of alkyl halides is 3. The Kier molecular flexibility index (Phi) is 8.52. The quantitative estimate of drug-likeness (QED) is 0.596. The van der Waals surface area contributed by atoms with Gasteiger partial charge in [0.1, 0.15) is 6.54 Å². The summed E-state index contributed by atoms with van der Waals surface area (Å²) in [7, 11) is 1.82. The zero-order chi connectivity index (χ0) is 22.3. The number of hydrogen-bond acceptors (Lipinski definition) is 3. The average Bonchev–Trinajstić information content (AvgIpc) is 2.67. The van der Waals surface area contributed by atoms with Gasteiger partial charge in [-0.3, -0.25) is 9.59 Å². The highest BCUT2D eigenvalue weighted by Crippen LogP contribution is 2.29. The van der Waals surface area contributed by atoms with E-state index in [0.29, 0.717) is 28.8 Å². The molecule has 30 heavy (non-hydrogen) atoms. The summed E-state index contributed by atoms with van der Waals surface area (Å²) in [6.07, 6.45) is -4.25. The largest absolute Gasteiger partial charge is 0.405 e. The molecule has 0 aliphatic heterocycles. The molecular formula is C20H20Cl2F3N3O2. The van der Waals surface area contributed by atoms with Gasteiger partial charge in [-0.1, -0.05) is 41.4 Å². The maximum Gasteiger partial charge on any atom is 0.405 e. The van der Waals surface area contributed by atoms with E-state index in [2.05, 4.69) is 5.32 Å². The maximum atomic E-state index is 12.2. The summed E-state index contributed by atoms with van der Waals surface area (Å²) in [5, 5.41) is 5.21. The molecule has 2 aromatic carbocycles. The Labute approximate surface area is 182 Å². The molecule has 0 radical (unpaired) electrons. The lowest BCUT2D eigenvalue weighted by Gasteiger charge is -2.17. The van der Waals surface area contributed by atoms with E-state index in [0.717, 1.165) is 5.56 Å². The lowest BCUT2D eigenvalue weighted by Crippen LogP contribution is -2.33. The molecule has 0 heterocycles. The van der Waals surface area contributed by atoms with Crippen molar-refractivity contribution in [3.05, 3.63) is 63.6 Å². The SMILES string of the molecule is CN(CCC(=O)Nc1c(Cl)cccc1Cl)Cc1ccc(C(=O)NCC(F)(F)F)cc1. The maximum absolute atomic E-state index is 12.2. The second-order valence-corrected chi connectivity index (χ2v) is 7.44. The Balaban J connectivity index is 1.81. The number of para-hydroxylation sites is 1. The highest BCUT2D eigenvalue weighted by Gasteiger charge is 2.27. The minimum absolute atomic E-state index is 0.140. The number of carbonyl (C=O) groups is 2. The van der Waals surface area contributed by atoms with Crippen molar-refractivity contribution in [1.29, 1.82) is 0 Å². The van der Waals surface area contributed by atoms with E-state index in [1.54, 1.807) is 30.3 Å². The third-order valence-corrected chi connectivity index (χ3v) is 4.70. The average molecular weight is 462 g/mol. The van der Waals surface area contributed by atoms with Crippen LogP contribution < -0.4 is 10.6 Å². The molecule has 2 rings (SSSR count). The third-order valence-electron chi connectivity index (χ3n) is 4.07. The molecule has 0 unspecified atom stereocenters. The molecule has 2 aromatic rings. The number of nitrogens with zero attached hydrogens (tertiary/aromatic N) is 1. The first-order valence-electron chi connectivity index (χ1n) is 8.91. The van der Waals surface area contributed by atoms with Crippen LogP contribution in [-0.2, 0) is 11.3 Å². The van der Waals surface area contributed by atoms with Crippen molar-refractivity contribution in [1.82, 2.24) is 10.2 Å². The lowest BCUT2D eigenvalue weighted by atomic mass is 10.1. The van der Waals surface area contributed by atoms with Gasteiger partial charge in [0.2, 0.25) is 5.91 Å². The monoisotopic (exact) mass is 461 g/mol. The van der Waals surface area contributed by atoms with Crippen LogP contribution in [0, 0.1) is 0 Å². The van der Waals surface area contributed by atoms with E-state index in [-0.39, 0.29) is 17.9 Å². The first-order chi connectivity index (χ1) is 14.0. The van der Waals surface area contributed by atoms with E-state index < -0.39 is 18.6 Å².